The van der Waals surface area contributed by atoms with Crippen molar-refractivity contribution in [2.45, 2.75) is 13.5 Å². The highest BCUT2D eigenvalue weighted by molar-refractivity contribution is 14.1. The number of hydrogen-bond donors (Lipinski definition) is 1. The summed E-state index contributed by atoms with van der Waals surface area (Å²) in [5, 5.41) is 3.88. The molecule has 202 valence electrons. The maximum absolute atomic E-state index is 13.1. The van der Waals surface area contributed by atoms with Crippen molar-refractivity contribution in [2.24, 2.45) is 0 Å². The lowest BCUT2D eigenvalue weighted by atomic mass is 10.1. The van der Waals surface area contributed by atoms with Gasteiger partial charge in [-0.15, -0.1) is 0 Å². The zero-order valence-corrected chi connectivity index (χ0v) is 25.7. The van der Waals surface area contributed by atoms with Crippen LogP contribution >= 0.6 is 58.2 Å². The molecule has 0 spiro atoms. The topological polar surface area (TPSA) is 67.9 Å². The zero-order chi connectivity index (χ0) is 28.2. The lowest BCUT2D eigenvalue weighted by Gasteiger charge is -2.16. The minimum absolute atomic E-state index is 0.230. The van der Waals surface area contributed by atoms with Crippen molar-refractivity contribution >= 4 is 91.2 Å². The van der Waals surface area contributed by atoms with Crippen molar-refractivity contribution < 1.29 is 19.1 Å². The van der Waals surface area contributed by atoms with Crippen LogP contribution in [0.15, 0.2) is 83.8 Å². The largest absolute Gasteiger partial charge is 0.490 e. The Hall–Kier alpha value is -3.12. The first-order valence-electron chi connectivity index (χ1n) is 12.2. The van der Waals surface area contributed by atoms with E-state index in [0.717, 1.165) is 42.2 Å². The first-order chi connectivity index (χ1) is 19.3. The van der Waals surface area contributed by atoms with Crippen molar-refractivity contribution in [3.8, 4) is 11.5 Å². The zero-order valence-electron chi connectivity index (χ0n) is 21.1. The summed E-state index contributed by atoms with van der Waals surface area (Å²) in [7, 11) is 0. The van der Waals surface area contributed by atoms with E-state index in [-0.39, 0.29) is 4.32 Å². The van der Waals surface area contributed by atoms with E-state index in [1.165, 1.54) is 0 Å². The molecule has 1 aliphatic heterocycles. The van der Waals surface area contributed by atoms with Crippen LogP contribution < -0.4 is 14.9 Å². The summed E-state index contributed by atoms with van der Waals surface area (Å²) in [4.78, 5) is 26.1. The standard InChI is InChI=1S/C30H22ClIN2O4S2/c1-2-37-25-15-18(14-24(32)27(25)38-17-21-8-5-7-19-6-3-4-9-23(19)21)16-26-29(36)34(30(39)40-26)33-28(35)20-10-12-22(31)13-11-20/h3-16H,2,17H2,1H3,(H,33,35)/b26-16+. The van der Waals surface area contributed by atoms with Gasteiger partial charge in [0.15, 0.2) is 15.8 Å². The van der Waals surface area contributed by atoms with E-state index in [0.29, 0.717) is 40.2 Å². The molecule has 6 nitrogen and oxygen atoms in total. The quantitative estimate of drug-likeness (QED) is 0.116. The van der Waals surface area contributed by atoms with Crippen LogP contribution in [0.3, 0.4) is 0 Å². The molecule has 5 rings (SSSR count). The highest BCUT2D eigenvalue weighted by atomic mass is 127. The van der Waals surface area contributed by atoms with Crippen LogP contribution in [0.2, 0.25) is 5.02 Å². The van der Waals surface area contributed by atoms with Gasteiger partial charge < -0.3 is 9.47 Å². The summed E-state index contributed by atoms with van der Waals surface area (Å²) in [5.41, 5.74) is 4.76. The van der Waals surface area contributed by atoms with E-state index in [4.69, 9.17) is 33.3 Å². The Balaban J connectivity index is 1.35. The van der Waals surface area contributed by atoms with Crippen LogP contribution in [0, 0.1) is 3.57 Å². The van der Waals surface area contributed by atoms with E-state index in [1.807, 2.05) is 37.3 Å². The molecule has 1 N–H and O–H groups in total. The lowest BCUT2D eigenvalue weighted by Crippen LogP contribution is -2.44. The third-order valence-electron chi connectivity index (χ3n) is 5.99. The molecule has 1 aliphatic rings. The number of carbonyl (C=O) groups excluding carboxylic acids is 2. The molecule has 1 fully saturated rings. The van der Waals surface area contributed by atoms with Crippen LogP contribution in [-0.2, 0) is 11.4 Å². The molecule has 0 atom stereocenters. The van der Waals surface area contributed by atoms with E-state index in [2.05, 4.69) is 52.3 Å². The number of halogens is 2. The Morgan fingerprint density at radius 1 is 1.07 bits per heavy atom. The van der Waals surface area contributed by atoms with Gasteiger partial charge in [-0.05, 0) is 106 Å². The molecular formula is C30H22ClIN2O4S2. The van der Waals surface area contributed by atoms with E-state index in [9.17, 15) is 9.59 Å². The first kappa shape index (κ1) is 28.4. The average molecular weight is 701 g/mol. The van der Waals surface area contributed by atoms with Crippen LogP contribution in [0.25, 0.3) is 16.8 Å². The summed E-state index contributed by atoms with van der Waals surface area (Å²) in [6.45, 7) is 2.73. The van der Waals surface area contributed by atoms with Crippen LogP contribution in [-0.4, -0.2) is 27.8 Å². The predicted molar refractivity (Wildman–Crippen MR) is 173 cm³/mol. The van der Waals surface area contributed by atoms with Gasteiger partial charge in [-0.1, -0.05) is 65.8 Å². The van der Waals surface area contributed by atoms with Gasteiger partial charge in [0, 0.05) is 10.6 Å². The first-order valence-corrected chi connectivity index (χ1v) is 14.9. The number of benzene rings is 4. The maximum atomic E-state index is 13.1. The smallest absolute Gasteiger partial charge is 0.285 e. The summed E-state index contributed by atoms with van der Waals surface area (Å²) in [5.74, 6) is 0.333. The number of nitrogens with zero attached hydrogens (tertiary/aromatic N) is 1. The third kappa shape index (κ3) is 6.27. The van der Waals surface area contributed by atoms with Crippen LogP contribution in [0.1, 0.15) is 28.4 Å². The maximum Gasteiger partial charge on any atom is 0.285 e. The Bertz CT molecular complexity index is 1650. The second-order valence-electron chi connectivity index (χ2n) is 8.65. The van der Waals surface area contributed by atoms with Crippen molar-refractivity contribution in [1.82, 2.24) is 10.4 Å². The minimum atomic E-state index is -0.463. The van der Waals surface area contributed by atoms with Crippen LogP contribution in [0.5, 0.6) is 11.5 Å². The molecule has 0 bridgehead atoms. The van der Waals surface area contributed by atoms with Crippen molar-refractivity contribution in [3.63, 3.8) is 0 Å². The number of ether oxygens (including phenoxy) is 2. The number of nitrogens with one attached hydrogen (secondary N) is 1. The molecule has 0 unspecified atom stereocenters. The summed E-state index contributed by atoms with van der Waals surface area (Å²) >= 11 is 14.6. The third-order valence-corrected chi connectivity index (χ3v) is 8.35. The molecule has 0 radical (unpaired) electrons. The Morgan fingerprint density at radius 2 is 1.82 bits per heavy atom. The summed E-state index contributed by atoms with van der Waals surface area (Å²) in [6.07, 6.45) is 1.73. The number of amides is 2. The highest BCUT2D eigenvalue weighted by Gasteiger charge is 2.34. The van der Waals surface area contributed by atoms with Crippen LogP contribution in [0.4, 0.5) is 0 Å². The number of carbonyl (C=O) groups is 2. The van der Waals surface area contributed by atoms with Gasteiger partial charge in [0.05, 0.1) is 15.1 Å². The molecule has 40 heavy (non-hydrogen) atoms. The van der Waals surface area contributed by atoms with Gasteiger partial charge in [0.2, 0.25) is 0 Å². The van der Waals surface area contributed by atoms with Crippen molar-refractivity contribution in [1.29, 1.82) is 0 Å². The van der Waals surface area contributed by atoms with E-state index >= 15 is 0 Å². The van der Waals surface area contributed by atoms with E-state index in [1.54, 1.807) is 30.3 Å². The second kappa shape index (κ2) is 12.6. The molecular weight excluding hydrogens is 679 g/mol. The van der Waals surface area contributed by atoms with Gasteiger partial charge in [-0.2, -0.15) is 5.01 Å². The molecule has 1 heterocycles. The number of hydrazine groups is 1. The van der Waals surface area contributed by atoms with Gasteiger partial charge in [0.25, 0.3) is 11.8 Å². The molecule has 1 saturated heterocycles. The highest BCUT2D eigenvalue weighted by Crippen LogP contribution is 2.38. The van der Waals surface area contributed by atoms with Gasteiger partial charge in [-0.25, -0.2) is 0 Å². The molecule has 4 aromatic rings. The molecule has 0 aliphatic carbocycles. The molecule has 4 aromatic carbocycles. The minimum Gasteiger partial charge on any atom is -0.490 e. The molecule has 2 amide bonds. The number of hydrogen-bond acceptors (Lipinski definition) is 6. The summed E-state index contributed by atoms with van der Waals surface area (Å²) in [6, 6.07) is 24.5. The monoisotopic (exact) mass is 700 g/mol. The van der Waals surface area contributed by atoms with Crippen molar-refractivity contribution in [3.05, 3.63) is 109 Å². The SMILES string of the molecule is CCOc1cc(/C=C2/SC(=S)N(NC(=O)c3ccc(Cl)cc3)C2=O)cc(I)c1OCc1cccc2ccccc12. The fourth-order valence-electron chi connectivity index (χ4n) is 4.13. The van der Waals surface area contributed by atoms with E-state index < -0.39 is 11.8 Å². The lowest BCUT2D eigenvalue weighted by molar-refractivity contribution is -0.123. The fourth-order valence-corrected chi connectivity index (χ4v) is 6.21. The molecule has 0 saturated carbocycles. The number of fused-ring (bicyclic) bond motifs is 1. The second-order valence-corrected chi connectivity index (χ2v) is 11.9. The Morgan fingerprint density at radius 3 is 2.60 bits per heavy atom. The average Bonchev–Trinajstić information content (AvgIpc) is 3.20. The predicted octanol–water partition coefficient (Wildman–Crippen LogP) is 7.62. The number of thiocarbonyl (C=S) groups is 1. The normalized spacial score (nSPS) is 14.2. The Kier molecular flexibility index (Phi) is 8.94. The van der Waals surface area contributed by atoms with Gasteiger partial charge >= 0.3 is 0 Å². The molecule has 10 heteroatoms. The number of thioether (sulfide) groups is 1. The van der Waals surface area contributed by atoms with Gasteiger partial charge in [0.1, 0.15) is 6.61 Å². The van der Waals surface area contributed by atoms with Crippen molar-refractivity contribution in [2.75, 3.05) is 6.61 Å². The number of rotatable bonds is 8. The Labute approximate surface area is 259 Å². The van der Waals surface area contributed by atoms with Gasteiger partial charge in [-0.3, -0.25) is 15.0 Å². The summed E-state index contributed by atoms with van der Waals surface area (Å²) < 4.78 is 13.3. The molecule has 0 aromatic heterocycles. The fraction of sp³-hybridized carbons (Fsp3) is 0.100.